The fourth-order valence-corrected chi connectivity index (χ4v) is 4.46. The maximum atomic E-state index is 14.9. The van der Waals surface area contributed by atoms with Gasteiger partial charge in [0.25, 0.3) is 0 Å². The number of fused-ring (bicyclic) bond motifs is 1. The zero-order valence-corrected chi connectivity index (χ0v) is 17.7. The molecule has 0 aromatic carbocycles. The number of hydrogen-bond acceptors (Lipinski definition) is 11. The van der Waals surface area contributed by atoms with Gasteiger partial charge < -0.3 is 20.1 Å². The van der Waals surface area contributed by atoms with Crippen LogP contribution in [0.4, 0.5) is 10.2 Å². The van der Waals surface area contributed by atoms with Crippen molar-refractivity contribution in [1.29, 1.82) is 0 Å². The van der Waals surface area contributed by atoms with E-state index < -0.39 is 41.5 Å². The molecule has 1 aliphatic rings. The summed E-state index contributed by atoms with van der Waals surface area (Å²) in [5, 5.41) is 20.1. The molecular formula is C15H19FN8O5S2. The number of nitrogen functional groups attached to an aromatic ring is 1. The first-order chi connectivity index (χ1) is 14.7. The molecule has 0 radical (unpaired) electrons. The number of halogens is 1. The fraction of sp³-hybridized carbons (Fsp3) is 0.467. The van der Waals surface area contributed by atoms with E-state index in [0.29, 0.717) is 16.2 Å². The summed E-state index contributed by atoms with van der Waals surface area (Å²) in [6.45, 7) is -0.659. The van der Waals surface area contributed by atoms with E-state index >= 15 is 0 Å². The second-order valence-corrected chi connectivity index (χ2v) is 8.91. The van der Waals surface area contributed by atoms with Crippen molar-refractivity contribution >= 4 is 38.9 Å². The van der Waals surface area contributed by atoms with Crippen molar-refractivity contribution in [2.24, 2.45) is 12.2 Å². The van der Waals surface area contributed by atoms with E-state index in [2.05, 4.69) is 24.2 Å². The van der Waals surface area contributed by atoms with Crippen LogP contribution in [0.5, 0.6) is 0 Å². The quantitative estimate of drug-likeness (QED) is 0.366. The molecule has 0 unspecified atom stereocenters. The highest BCUT2D eigenvalue weighted by atomic mass is 32.2. The number of aliphatic hydroxyl groups is 1. The molecule has 1 saturated heterocycles. The molecule has 0 aliphatic carbocycles. The molecule has 0 saturated carbocycles. The van der Waals surface area contributed by atoms with E-state index in [1.165, 1.54) is 18.1 Å². The summed E-state index contributed by atoms with van der Waals surface area (Å²) in [4.78, 5) is 12.4. The van der Waals surface area contributed by atoms with Gasteiger partial charge in [0.1, 0.15) is 35.2 Å². The van der Waals surface area contributed by atoms with Gasteiger partial charge in [0, 0.05) is 19.4 Å². The largest absolute Gasteiger partial charge is 0.387 e. The van der Waals surface area contributed by atoms with Gasteiger partial charge in [0.05, 0.1) is 17.7 Å². The van der Waals surface area contributed by atoms with Crippen molar-refractivity contribution in [3.63, 3.8) is 0 Å². The molecule has 4 heterocycles. The number of alkyl halides is 1. The van der Waals surface area contributed by atoms with Crippen molar-refractivity contribution in [2.45, 2.75) is 35.4 Å². The van der Waals surface area contributed by atoms with E-state index in [4.69, 9.17) is 15.6 Å². The molecule has 4 rings (SSSR count). The maximum Gasteiger partial charge on any atom is 0.333 e. The third-order valence-electron chi connectivity index (χ3n) is 4.68. The Morgan fingerprint density at radius 1 is 1.39 bits per heavy atom. The second kappa shape index (κ2) is 8.29. The predicted molar refractivity (Wildman–Crippen MR) is 106 cm³/mol. The summed E-state index contributed by atoms with van der Waals surface area (Å²) >= 11 is 1.30. The van der Waals surface area contributed by atoms with Gasteiger partial charge in [-0.3, -0.25) is 4.18 Å². The Labute approximate surface area is 179 Å². The third kappa shape index (κ3) is 4.35. The minimum absolute atomic E-state index is 0.140. The summed E-state index contributed by atoms with van der Waals surface area (Å²) in [5.41, 5.74) is 6.21. The van der Waals surface area contributed by atoms with Crippen molar-refractivity contribution in [2.75, 3.05) is 12.3 Å². The molecule has 1 fully saturated rings. The van der Waals surface area contributed by atoms with Gasteiger partial charge in [-0.2, -0.15) is 13.5 Å². The van der Waals surface area contributed by atoms with Crippen molar-refractivity contribution in [3.05, 3.63) is 24.5 Å². The number of imidazole rings is 1. The second-order valence-electron chi connectivity index (χ2n) is 6.73. The molecule has 31 heavy (non-hydrogen) atoms. The third-order valence-corrected chi connectivity index (χ3v) is 6.10. The molecule has 0 bridgehead atoms. The van der Waals surface area contributed by atoms with Crippen LogP contribution in [0.3, 0.4) is 0 Å². The van der Waals surface area contributed by atoms with Crippen LogP contribution < -0.4 is 10.9 Å². The van der Waals surface area contributed by atoms with E-state index in [9.17, 15) is 17.9 Å². The van der Waals surface area contributed by atoms with Crippen LogP contribution in [0, 0.1) is 0 Å². The minimum atomic E-state index is -4.29. The monoisotopic (exact) mass is 474 g/mol. The van der Waals surface area contributed by atoms with E-state index in [-0.39, 0.29) is 11.5 Å². The first-order valence-electron chi connectivity index (χ1n) is 8.88. The number of aliphatic hydroxyl groups excluding tert-OH is 1. The Morgan fingerprint density at radius 2 is 2.16 bits per heavy atom. The lowest BCUT2D eigenvalue weighted by molar-refractivity contribution is -0.0456. The zero-order chi connectivity index (χ0) is 22.3. The Balaban J connectivity index is 1.64. The van der Waals surface area contributed by atoms with E-state index in [1.54, 1.807) is 12.4 Å². The van der Waals surface area contributed by atoms with Gasteiger partial charge in [-0.25, -0.2) is 29.2 Å². The van der Waals surface area contributed by atoms with Gasteiger partial charge in [0.2, 0.25) is 0 Å². The standard InChI is InChI=1S/C15H19FN8O5S2/c1-23-3-2-19-8(23)5-30-14-9-12(17)20-6-21-13(9)24(22-14)15-10(16)11(25)7(29-15)4-28-31(18,26)27/h2-3,6-7,10-11,15,25H,4-5H2,1H3,(H2,17,20,21)(H2,18,26,27)/t7-,10+,11-,15-/m1/s1. The average molecular weight is 475 g/mol. The Morgan fingerprint density at radius 3 is 2.84 bits per heavy atom. The van der Waals surface area contributed by atoms with Gasteiger partial charge in [-0.15, -0.1) is 0 Å². The number of hydrogen-bond donors (Lipinski definition) is 3. The summed E-state index contributed by atoms with van der Waals surface area (Å²) in [6, 6.07) is 0. The van der Waals surface area contributed by atoms with Crippen LogP contribution in [-0.4, -0.2) is 67.8 Å². The molecule has 16 heteroatoms. The summed E-state index contributed by atoms with van der Waals surface area (Å²) in [5.74, 6) is 1.36. The number of nitrogens with two attached hydrogens (primary N) is 2. The molecule has 5 N–H and O–H groups in total. The number of thioether (sulfide) groups is 1. The van der Waals surface area contributed by atoms with Gasteiger partial charge in [-0.05, 0) is 0 Å². The van der Waals surface area contributed by atoms with Gasteiger partial charge in [-0.1, -0.05) is 11.8 Å². The van der Waals surface area contributed by atoms with Crippen LogP contribution >= 0.6 is 11.8 Å². The van der Waals surface area contributed by atoms with Crippen LogP contribution in [-0.2, 0) is 32.0 Å². The highest BCUT2D eigenvalue weighted by molar-refractivity contribution is 7.98. The number of ether oxygens (including phenoxy) is 1. The van der Waals surface area contributed by atoms with Crippen LogP contribution in [0.1, 0.15) is 12.1 Å². The molecule has 3 aromatic rings. The van der Waals surface area contributed by atoms with Crippen molar-refractivity contribution in [1.82, 2.24) is 29.3 Å². The van der Waals surface area contributed by atoms with E-state index in [1.807, 2.05) is 11.6 Å². The predicted octanol–water partition coefficient (Wildman–Crippen LogP) is -0.749. The first-order valence-corrected chi connectivity index (χ1v) is 11.3. The molecule has 168 valence electrons. The van der Waals surface area contributed by atoms with E-state index in [0.717, 1.165) is 10.5 Å². The molecule has 1 aliphatic heterocycles. The Kier molecular flexibility index (Phi) is 5.84. The van der Waals surface area contributed by atoms with Crippen LogP contribution in [0.25, 0.3) is 11.0 Å². The minimum Gasteiger partial charge on any atom is -0.387 e. The topological polar surface area (TPSA) is 186 Å². The zero-order valence-electron chi connectivity index (χ0n) is 16.1. The molecule has 4 atom stereocenters. The Bertz CT molecular complexity index is 1200. The molecule has 3 aromatic heterocycles. The molecule has 0 spiro atoms. The number of anilines is 1. The fourth-order valence-electron chi connectivity index (χ4n) is 3.11. The number of aromatic nitrogens is 6. The SMILES string of the molecule is Cn1ccnc1CSc1nn([C@@H]2O[C@H](COS(N)(=O)=O)[C@@H](O)[C@@H]2F)c2ncnc(N)c12. The molecule has 13 nitrogen and oxygen atoms in total. The molecule has 0 amide bonds. The number of aryl methyl sites for hydroxylation is 1. The van der Waals surface area contributed by atoms with Gasteiger partial charge in [0.15, 0.2) is 18.0 Å². The lowest BCUT2D eigenvalue weighted by Gasteiger charge is -2.14. The molecular weight excluding hydrogens is 455 g/mol. The smallest absolute Gasteiger partial charge is 0.333 e. The normalized spacial score (nSPS) is 24.3. The van der Waals surface area contributed by atoms with Crippen molar-refractivity contribution in [3.8, 4) is 0 Å². The summed E-state index contributed by atoms with van der Waals surface area (Å²) < 4.78 is 49.8. The van der Waals surface area contributed by atoms with Crippen LogP contribution in [0.2, 0.25) is 0 Å². The van der Waals surface area contributed by atoms with Crippen molar-refractivity contribution < 1.29 is 26.8 Å². The lowest BCUT2D eigenvalue weighted by atomic mass is 10.1. The average Bonchev–Trinajstić information content (AvgIpc) is 3.36. The lowest BCUT2D eigenvalue weighted by Crippen LogP contribution is -2.33. The van der Waals surface area contributed by atoms with Gasteiger partial charge >= 0.3 is 10.3 Å². The summed E-state index contributed by atoms with van der Waals surface area (Å²) in [6.07, 6.45) is -1.65. The maximum absolute atomic E-state index is 14.9. The Hall–Kier alpha value is -2.37. The highest BCUT2D eigenvalue weighted by Gasteiger charge is 2.47. The first kappa shape index (κ1) is 21.8. The number of nitrogens with zero attached hydrogens (tertiary/aromatic N) is 6. The van der Waals surface area contributed by atoms with Crippen LogP contribution in [0.15, 0.2) is 23.7 Å². The number of rotatable bonds is 7. The highest BCUT2D eigenvalue weighted by Crippen LogP contribution is 2.37. The summed E-state index contributed by atoms with van der Waals surface area (Å²) in [7, 11) is -2.44.